The summed E-state index contributed by atoms with van der Waals surface area (Å²) in [5.74, 6) is 1.50. The quantitative estimate of drug-likeness (QED) is 0.465. The van der Waals surface area contributed by atoms with Gasteiger partial charge in [-0.25, -0.2) is 9.98 Å². The van der Waals surface area contributed by atoms with Crippen LogP contribution in [0.2, 0.25) is 0 Å². The molecule has 7 nitrogen and oxygen atoms in total. The largest absolute Gasteiger partial charge is 0.478 e. The zero-order valence-corrected chi connectivity index (χ0v) is 16.5. The van der Waals surface area contributed by atoms with Crippen LogP contribution in [0.5, 0.6) is 5.88 Å². The summed E-state index contributed by atoms with van der Waals surface area (Å²) >= 11 is 0. The maximum absolute atomic E-state index is 12.0. The molecule has 0 saturated heterocycles. The lowest BCUT2D eigenvalue weighted by Gasteiger charge is -2.19. The molecular weight excluding hydrogens is 330 g/mol. The Morgan fingerprint density at radius 2 is 1.96 bits per heavy atom. The summed E-state index contributed by atoms with van der Waals surface area (Å²) in [7, 11) is 0. The van der Waals surface area contributed by atoms with Crippen molar-refractivity contribution in [1.29, 1.82) is 0 Å². The van der Waals surface area contributed by atoms with Crippen LogP contribution in [0.15, 0.2) is 23.3 Å². The van der Waals surface area contributed by atoms with Gasteiger partial charge in [0, 0.05) is 44.9 Å². The average molecular weight is 364 g/mol. The van der Waals surface area contributed by atoms with Crippen LogP contribution < -0.4 is 15.4 Å². The van der Waals surface area contributed by atoms with Gasteiger partial charge >= 0.3 is 0 Å². The van der Waals surface area contributed by atoms with Crippen LogP contribution in [0.4, 0.5) is 0 Å². The van der Waals surface area contributed by atoms with Crippen molar-refractivity contribution in [3.8, 4) is 5.88 Å². The fourth-order valence-corrected chi connectivity index (χ4v) is 2.33. The number of rotatable bonds is 11. The van der Waals surface area contributed by atoms with Gasteiger partial charge in [-0.2, -0.15) is 0 Å². The molecule has 7 heteroatoms. The van der Waals surface area contributed by atoms with E-state index in [-0.39, 0.29) is 5.91 Å². The van der Waals surface area contributed by atoms with Gasteiger partial charge in [0.2, 0.25) is 11.8 Å². The molecular formula is C19H33N5O2. The molecule has 0 atom stereocenters. The second kappa shape index (κ2) is 13.0. The van der Waals surface area contributed by atoms with Gasteiger partial charge in [-0.05, 0) is 32.8 Å². The van der Waals surface area contributed by atoms with Crippen molar-refractivity contribution < 1.29 is 9.53 Å². The van der Waals surface area contributed by atoms with Gasteiger partial charge in [-0.15, -0.1) is 0 Å². The van der Waals surface area contributed by atoms with E-state index >= 15 is 0 Å². The molecule has 0 bridgehead atoms. The van der Waals surface area contributed by atoms with Crippen molar-refractivity contribution >= 4 is 11.9 Å². The summed E-state index contributed by atoms with van der Waals surface area (Å²) in [6, 6.07) is 3.83. The molecule has 0 aliphatic rings. The molecule has 1 rings (SSSR count). The van der Waals surface area contributed by atoms with Crippen molar-refractivity contribution in [1.82, 2.24) is 20.5 Å². The van der Waals surface area contributed by atoms with E-state index < -0.39 is 0 Å². The van der Waals surface area contributed by atoms with Gasteiger partial charge in [-0.1, -0.05) is 13.0 Å². The summed E-state index contributed by atoms with van der Waals surface area (Å²) in [5, 5.41) is 6.40. The predicted octanol–water partition coefficient (Wildman–Crippen LogP) is 2.18. The lowest BCUT2D eigenvalue weighted by Crippen LogP contribution is -2.40. The van der Waals surface area contributed by atoms with Crippen LogP contribution in [-0.4, -0.2) is 54.5 Å². The van der Waals surface area contributed by atoms with Gasteiger partial charge in [-0.3, -0.25) is 4.79 Å². The number of guanidine groups is 1. The monoisotopic (exact) mass is 363 g/mol. The Labute approximate surface area is 157 Å². The molecule has 0 radical (unpaired) electrons. The molecule has 0 aromatic carbocycles. The number of ether oxygens (including phenoxy) is 1. The third kappa shape index (κ3) is 8.18. The highest BCUT2D eigenvalue weighted by Gasteiger charge is 2.09. The minimum Gasteiger partial charge on any atom is -0.478 e. The topological polar surface area (TPSA) is 78.8 Å². The first-order chi connectivity index (χ1) is 12.6. The summed E-state index contributed by atoms with van der Waals surface area (Å²) in [5.41, 5.74) is 1.00. The highest BCUT2D eigenvalue weighted by molar-refractivity contribution is 5.81. The lowest BCUT2D eigenvalue weighted by molar-refractivity contribution is -0.130. The van der Waals surface area contributed by atoms with Crippen LogP contribution in [0.1, 0.15) is 46.1 Å². The number of hydrogen-bond donors (Lipinski definition) is 2. The molecule has 0 unspecified atom stereocenters. The molecule has 1 heterocycles. The zero-order chi connectivity index (χ0) is 19.2. The van der Waals surface area contributed by atoms with Gasteiger partial charge in [0.25, 0.3) is 0 Å². The van der Waals surface area contributed by atoms with Crippen molar-refractivity contribution in [3.63, 3.8) is 0 Å². The van der Waals surface area contributed by atoms with Crippen LogP contribution in [-0.2, 0) is 11.3 Å². The smallest absolute Gasteiger partial charge is 0.224 e. The van der Waals surface area contributed by atoms with Crippen molar-refractivity contribution in [2.75, 3.05) is 32.8 Å². The van der Waals surface area contributed by atoms with Gasteiger partial charge in [0.15, 0.2) is 5.96 Å². The summed E-state index contributed by atoms with van der Waals surface area (Å²) in [6.07, 6.45) is 3.20. The van der Waals surface area contributed by atoms with Crippen molar-refractivity contribution in [2.24, 2.45) is 4.99 Å². The van der Waals surface area contributed by atoms with Gasteiger partial charge in [0.1, 0.15) is 0 Å². The van der Waals surface area contributed by atoms with E-state index in [9.17, 15) is 4.79 Å². The second-order valence-corrected chi connectivity index (χ2v) is 5.79. The first-order valence-corrected chi connectivity index (χ1v) is 9.52. The molecule has 0 aliphatic carbocycles. The molecule has 146 valence electrons. The van der Waals surface area contributed by atoms with Crippen LogP contribution in [0.25, 0.3) is 0 Å². The normalized spacial score (nSPS) is 11.2. The van der Waals surface area contributed by atoms with Crippen LogP contribution >= 0.6 is 0 Å². The van der Waals surface area contributed by atoms with Crippen molar-refractivity contribution in [3.05, 3.63) is 23.9 Å². The number of pyridine rings is 1. The highest BCUT2D eigenvalue weighted by atomic mass is 16.5. The number of amides is 1. The van der Waals surface area contributed by atoms with E-state index in [1.165, 1.54) is 0 Å². The Morgan fingerprint density at radius 3 is 2.54 bits per heavy atom. The number of hydrogen-bond acceptors (Lipinski definition) is 4. The molecule has 26 heavy (non-hydrogen) atoms. The van der Waals surface area contributed by atoms with E-state index in [2.05, 4.69) is 27.5 Å². The van der Waals surface area contributed by atoms with Gasteiger partial charge < -0.3 is 20.3 Å². The summed E-state index contributed by atoms with van der Waals surface area (Å²) < 4.78 is 5.48. The number of aliphatic imine (C=N–C) groups is 1. The molecule has 0 fully saturated rings. The second-order valence-electron chi connectivity index (χ2n) is 5.79. The van der Waals surface area contributed by atoms with Crippen molar-refractivity contribution in [2.45, 2.75) is 47.1 Å². The predicted molar refractivity (Wildman–Crippen MR) is 105 cm³/mol. The van der Waals surface area contributed by atoms with Crippen LogP contribution in [0, 0.1) is 0 Å². The summed E-state index contributed by atoms with van der Waals surface area (Å²) in [6.45, 7) is 12.1. The molecule has 0 aliphatic heterocycles. The Kier molecular flexibility index (Phi) is 10.8. The number of aromatic nitrogens is 1. The standard InChI is InChI=1S/C19H33N5O2/c1-5-13-26-17-10-9-16(14-22-17)15-23-19(20-6-2)21-12-11-18(25)24(7-3)8-4/h9-10,14H,5-8,11-13,15H2,1-4H3,(H2,20,21,23). The van der Waals surface area contributed by atoms with E-state index in [0.29, 0.717) is 38.0 Å². The minimum absolute atomic E-state index is 0.158. The SMILES string of the molecule is CCCOc1ccc(CN=C(NCC)NCCC(=O)N(CC)CC)cn1. The molecule has 0 saturated carbocycles. The van der Waals surface area contributed by atoms with Crippen LogP contribution in [0.3, 0.4) is 0 Å². The fourth-order valence-electron chi connectivity index (χ4n) is 2.33. The van der Waals surface area contributed by atoms with Gasteiger partial charge in [0.05, 0.1) is 13.2 Å². The van der Waals surface area contributed by atoms with E-state index in [4.69, 9.17) is 4.74 Å². The Balaban J connectivity index is 2.51. The number of carbonyl (C=O) groups is 1. The van der Waals surface area contributed by atoms with E-state index in [1.54, 1.807) is 6.20 Å². The minimum atomic E-state index is 0.158. The maximum Gasteiger partial charge on any atom is 0.224 e. The third-order valence-electron chi connectivity index (χ3n) is 3.76. The number of carbonyl (C=O) groups excluding carboxylic acids is 1. The first kappa shape index (κ1) is 21.7. The molecule has 1 aromatic rings. The summed E-state index contributed by atoms with van der Waals surface area (Å²) in [4.78, 5) is 22.7. The highest BCUT2D eigenvalue weighted by Crippen LogP contribution is 2.08. The van der Waals surface area contributed by atoms with E-state index in [1.807, 2.05) is 37.8 Å². The molecule has 2 N–H and O–H groups in total. The average Bonchev–Trinajstić information content (AvgIpc) is 2.66. The maximum atomic E-state index is 12.0. The molecule has 1 aromatic heterocycles. The zero-order valence-electron chi connectivity index (χ0n) is 16.5. The molecule has 1 amide bonds. The first-order valence-electron chi connectivity index (χ1n) is 9.52. The lowest BCUT2D eigenvalue weighted by atomic mass is 10.3. The Hall–Kier alpha value is -2.31. The van der Waals surface area contributed by atoms with E-state index in [0.717, 1.165) is 31.6 Å². The third-order valence-corrected chi connectivity index (χ3v) is 3.76. The Bertz CT molecular complexity index is 541. The molecule has 0 spiro atoms. The Morgan fingerprint density at radius 1 is 1.19 bits per heavy atom. The number of nitrogens with zero attached hydrogens (tertiary/aromatic N) is 3. The fraction of sp³-hybridized carbons (Fsp3) is 0.632. The number of nitrogens with one attached hydrogen (secondary N) is 2.